The molecule has 1 aromatic carbocycles. The maximum absolute atomic E-state index is 13.2. The van der Waals surface area contributed by atoms with Crippen molar-refractivity contribution < 1.29 is 9.18 Å². The monoisotopic (exact) mass is 479 g/mol. The molecule has 6 nitrogen and oxygen atoms in total. The molecule has 2 aromatic rings. The number of allylic oxidation sites excluding steroid dienone is 1. The van der Waals surface area contributed by atoms with Crippen molar-refractivity contribution in [3.63, 3.8) is 0 Å². The van der Waals surface area contributed by atoms with Gasteiger partial charge in [0.15, 0.2) is 5.82 Å². The molecule has 2 aliphatic rings. The lowest BCUT2D eigenvalue weighted by Gasteiger charge is -2.29. The zero-order valence-electron chi connectivity index (χ0n) is 21.2. The molecule has 4 rings (SSSR count). The highest BCUT2D eigenvalue weighted by atomic mass is 19.1. The SMILES string of the molecule is C=C1C=Cc2ccc(F)cc2N1CCC.CCCC(CC)CNCc1ccc2c(n1)NC(=O)CN2. The predicted octanol–water partition coefficient (Wildman–Crippen LogP) is 5.94. The van der Waals surface area contributed by atoms with Crippen molar-refractivity contribution in [2.24, 2.45) is 5.92 Å². The van der Waals surface area contributed by atoms with Crippen LogP contribution in [0.3, 0.4) is 0 Å². The number of hydrogen-bond acceptors (Lipinski definition) is 5. The number of benzene rings is 1. The Morgan fingerprint density at radius 2 is 2.00 bits per heavy atom. The first-order chi connectivity index (χ1) is 16.9. The van der Waals surface area contributed by atoms with E-state index in [0.717, 1.165) is 60.3 Å². The third-order valence-corrected chi connectivity index (χ3v) is 6.20. The molecule has 3 N–H and O–H groups in total. The lowest BCUT2D eigenvalue weighted by Crippen LogP contribution is -2.29. The fraction of sp³-hybridized carbons (Fsp3) is 0.429. The zero-order chi connectivity index (χ0) is 25.2. The number of pyridine rings is 1. The van der Waals surface area contributed by atoms with Crippen LogP contribution in [0.2, 0.25) is 0 Å². The second kappa shape index (κ2) is 13.0. The van der Waals surface area contributed by atoms with Gasteiger partial charge < -0.3 is 20.9 Å². The first-order valence-electron chi connectivity index (χ1n) is 12.6. The normalized spacial score (nSPS) is 14.8. The van der Waals surface area contributed by atoms with Crippen molar-refractivity contribution in [1.82, 2.24) is 10.3 Å². The summed E-state index contributed by atoms with van der Waals surface area (Å²) < 4.78 is 13.2. The van der Waals surface area contributed by atoms with Crippen molar-refractivity contribution in [3.05, 3.63) is 65.8 Å². The molecule has 35 heavy (non-hydrogen) atoms. The summed E-state index contributed by atoms with van der Waals surface area (Å²) in [5, 5.41) is 9.30. The molecular formula is C28H38FN5O. The fourth-order valence-corrected chi connectivity index (χ4v) is 4.26. The summed E-state index contributed by atoms with van der Waals surface area (Å²) in [6, 6.07) is 8.83. The van der Waals surface area contributed by atoms with Crippen LogP contribution in [0.25, 0.3) is 6.08 Å². The molecule has 0 radical (unpaired) electrons. The molecule has 1 aromatic heterocycles. The number of carbonyl (C=O) groups excluding carboxylic acids is 1. The number of amides is 1. The van der Waals surface area contributed by atoms with E-state index in [0.29, 0.717) is 12.4 Å². The van der Waals surface area contributed by atoms with Crippen molar-refractivity contribution in [3.8, 4) is 0 Å². The van der Waals surface area contributed by atoms with Crippen LogP contribution >= 0.6 is 0 Å². The Kier molecular flexibility index (Phi) is 9.85. The molecular weight excluding hydrogens is 441 g/mol. The van der Waals surface area contributed by atoms with Crippen LogP contribution in [0.15, 0.2) is 48.7 Å². The zero-order valence-corrected chi connectivity index (χ0v) is 21.2. The molecule has 0 spiro atoms. The average molecular weight is 480 g/mol. The second-order valence-corrected chi connectivity index (χ2v) is 8.97. The molecule has 0 saturated heterocycles. The van der Waals surface area contributed by atoms with Gasteiger partial charge in [-0.25, -0.2) is 9.37 Å². The van der Waals surface area contributed by atoms with Gasteiger partial charge in [0, 0.05) is 18.8 Å². The molecule has 2 aliphatic heterocycles. The molecule has 188 valence electrons. The summed E-state index contributed by atoms with van der Waals surface area (Å²) >= 11 is 0. The van der Waals surface area contributed by atoms with Gasteiger partial charge in [0.05, 0.1) is 23.6 Å². The highest BCUT2D eigenvalue weighted by Crippen LogP contribution is 2.30. The molecule has 0 bridgehead atoms. The molecule has 1 atom stereocenters. The Morgan fingerprint density at radius 1 is 1.17 bits per heavy atom. The van der Waals surface area contributed by atoms with Crippen LogP contribution in [0.1, 0.15) is 57.7 Å². The number of fused-ring (bicyclic) bond motifs is 2. The topological polar surface area (TPSA) is 69.3 Å². The molecule has 0 saturated carbocycles. The van der Waals surface area contributed by atoms with Gasteiger partial charge in [-0.2, -0.15) is 0 Å². The van der Waals surface area contributed by atoms with Crippen LogP contribution in [-0.4, -0.2) is 30.5 Å². The van der Waals surface area contributed by atoms with Gasteiger partial charge in [-0.15, -0.1) is 0 Å². The van der Waals surface area contributed by atoms with Gasteiger partial charge in [0.2, 0.25) is 5.91 Å². The third-order valence-electron chi connectivity index (χ3n) is 6.20. The highest BCUT2D eigenvalue weighted by Gasteiger charge is 2.16. The molecule has 0 fully saturated rings. The number of carbonyl (C=O) groups is 1. The minimum absolute atomic E-state index is 0.0379. The van der Waals surface area contributed by atoms with Gasteiger partial charge in [-0.3, -0.25) is 4.79 Å². The number of nitrogens with zero attached hydrogens (tertiary/aromatic N) is 2. The minimum atomic E-state index is -0.196. The second-order valence-electron chi connectivity index (χ2n) is 8.97. The number of nitrogens with one attached hydrogen (secondary N) is 3. The highest BCUT2D eigenvalue weighted by molar-refractivity contribution is 5.99. The first-order valence-corrected chi connectivity index (χ1v) is 12.6. The van der Waals surface area contributed by atoms with Crippen molar-refractivity contribution in [1.29, 1.82) is 0 Å². The maximum atomic E-state index is 13.2. The first kappa shape index (κ1) is 26.4. The molecule has 1 amide bonds. The van der Waals surface area contributed by atoms with Crippen LogP contribution < -0.4 is 20.9 Å². The third kappa shape index (κ3) is 7.39. The lowest BCUT2D eigenvalue weighted by atomic mass is 10.0. The van der Waals surface area contributed by atoms with E-state index in [-0.39, 0.29) is 11.7 Å². The number of rotatable bonds is 9. The summed E-state index contributed by atoms with van der Waals surface area (Å²) in [6.45, 7) is 13.5. The van der Waals surface area contributed by atoms with E-state index in [1.807, 2.05) is 24.3 Å². The van der Waals surface area contributed by atoms with Gasteiger partial charge in [-0.05, 0) is 67.3 Å². The van der Waals surface area contributed by atoms with Crippen LogP contribution in [0.4, 0.5) is 21.6 Å². The van der Waals surface area contributed by atoms with E-state index >= 15 is 0 Å². The molecule has 3 heterocycles. The van der Waals surface area contributed by atoms with E-state index in [2.05, 4.69) is 53.2 Å². The summed E-state index contributed by atoms with van der Waals surface area (Å²) in [6.07, 6.45) is 8.66. The van der Waals surface area contributed by atoms with Gasteiger partial charge in [0.1, 0.15) is 5.82 Å². The Bertz CT molecular complexity index is 1050. The Morgan fingerprint density at radius 3 is 2.74 bits per heavy atom. The van der Waals surface area contributed by atoms with Crippen LogP contribution in [-0.2, 0) is 11.3 Å². The minimum Gasteiger partial charge on any atom is -0.373 e. The number of anilines is 3. The molecule has 7 heteroatoms. The van der Waals surface area contributed by atoms with Gasteiger partial charge >= 0.3 is 0 Å². The predicted molar refractivity (Wildman–Crippen MR) is 144 cm³/mol. The summed E-state index contributed by atoms with van der Waals surface area (Å²) in [4.78, 5) is 17.9. The van der Waals surface area contributed by atoms with E-state index in [4.69, 9.17) is 0 Å². The van der Waals surface area contributed by atoms with E-state index in [9.17, 15) is 9.18 Å². The van der Waals surface area contributed by atoms with Gasteiger partial charge in [-0.1, -0.05) is 46.3 Å². The molecule has 0 aliphatic carbocycles. The Hall–Kier alpha value is -3.19. The Balaban J connectivity index is 0.000000203. The average Bonchev–Trinajstić information content (AvgIpc) is 2.85. The van der Waals surface area contributed by atoms with Crippen molar-refractivity contribution in [2.45, 2.75) is 53.0 Å². The van der Waals surface area contributed by atoms with Crippen LogP contribution in [0.5, 0.6) is 0 Å². The summed E-state index contributed by atoms with van der Waals surface area (Å²) in [5.41, 5.74) is 4.75. The van der Waals surface area contributed by atoms with E-state index < -0.39 is 0 Å². The summed E-state index contributed by atoms with van der Waals surface area (Å²) in [7, 11) is 0. The maximum Gasteiger partial charge on any atom is 0.244 e. The fourth-order valence-electron chi connectivity index (χ4n) is 4.26. The smallest absolute Gasteiger partial charge is 0.244 e. The molecule has 1 unspecified atom stereocenters. The van der Waals surface area contributed by atoms with Crippen molar-refractivity contribution in [2.75, 3.05) is 35.2 Å². The number of halogens is 1. The van der Waals surface area contributed by atoms with E-state index in [1.165, 1.54) is 25.3 Å². The van der Waals surface area contributed by atoms with Crippen LogP contribution in [0, 0.1) is 11.7 Å². The van der Waals surface area contributed by atoms with Crippen molar-refractivity contribution >= 4 is 29.2 Å². The standard InChI is InChI=1S/C15H24N4O.C13H14FN/c1-3-5-11(4-2)8-16-9-12-6-7-13-15(18-12)19-14(20)10-17-13;1-3-8-15-10(2)4-5-11-6-7-12(14)9-13(11)15/h6-7,11,16-17H,3-5,8-10H2,1-2H3,(H,18,19,20);4-7,9H,2-3,8H2,1H3. The quantitative estimate of drug-likeness (QED) is 0.415. The Labute approximate surface area is 208 Å². The van der Waals surface area contributed by atoms with E-state index in [1.54, 1.807) is 12.1 Å². The largest absolute Gasteiger partial charge is 0.373 e. The lowest BCUT2D eigenvalue weighted by molar-refractivity contribution is -0.114. The number of hydrogen-bond donors (Lipinski definition) is 3. The van der Waals surface area contributed by atoms with Gasteiger partial charge in [0.25, 0.3) is 0 Å². The summed E-state index contributed by atoms with van der Waals surface area (Å²) in [5.74, 6) is 1.14. The number of aromatic nitrogens is 1.